The molecule has 1 saturated heterocycles. The third kappa shape index (κ3) is 5.74. The van der Waals surface area contributed by atoms with E-state index in [9.17, 15) is 13.6 Å². The van der Waals surface area contributed by atoms with E-state index < -0.39 is 13.0 Å². The lowest BCUT2D eigenvalue weighted by Gasteiger charge is -2.28. The summed E-state index contributed by atoms with van der Waals surface area (Å²) in [5.41, 5.74) is 1.33. The van der Waals surface area contributed by atoms with Crippen LogP contribution in [-0.2, 0) is 4.79 Å². The van der Waals surface area contributed by atoms with E-state index in [0.717, 1.165) is 31.5 Å². The average molecular weight is 340 g/mol. The Labute approximate surface area is 142 Å². The standard InChI is InChI=1S/C18H26F2N2O2/c1-12-5-6-15(9-16(12)24-11-17(19)20)22-18(23)8-13(2)14-4-3-7-21-10-14/h5-6,9,13-14,17,21H,3-4,7-8,10-11H2,1-2H3,(H,22,23). The Kier molecular flexibility index (Phi) is 6.97. The molecule has 1 fully saturated rings. The topological polar surface area (TPSA) is 50.4 Å². The molecule has 1 aliphatic rings. The minimum atomic E-state index is -2.52. The molecule has 2 atom stereocenters. The molecule has 1 aromatic carbocycles. The van der Waals surface area contributed by atoms with Crippen molar-refractivity contribution in [2.45, 2.75) is 39.5 Å². The molecular formula is C18H26F2N2O2. The summed E-state index contributed by atoms with van der Waals surface area (Å²) in [7, 11) is 0. The molecule has 1 aliphatic heterocycles. The Morgan fingerprint density at radius 3 is 2.92 bits per heavy atom. The van der Waals surface area contributed by atoms with Gasteiger partial charge in [0.2, 0.25) is 5.91 Å². The first-order valence-electron chi connectivity index (χ1n) is 8.48. The second-order valence-corrected chi connectivity index (χ2v) is 6.52. The molecule has 6 heteroatoms. The van der Waals surface area contributed by atoms with E-state index in [2.05, 4.69) is 17.6 Å². The molecule has 0 bridgehead atoms. The van der Waals surface area contributed by atoms with Gasteiger partial charge >= 0.3 is 0 Å². The first-order chi connectivity index (χ1) is 11.5. The lowest BCUT2D eigenvalue weighted by Crippen LogP contribution is -2.34. The number of aryl methyl sites for hydroxylation is 1. The second kappa shape index (κ2) is 8.97. The van der Waals surface area contributed by atoms with Crippen LogP contribution in [0.4, 0.5) is 14.5 Å². The number of carbonyl (C=O) groups excluding carboxylic acids is 1. The van der Waals surface area contributed by atoms with Gasteiger partial charge in [0.1, 0.15) is 12.4 Å². The summed E-state index contributed by atoms with van der Waals surface area (Å²) < 4.78 is 29.7. The van der Waals surface area contributed by atoms with Crippen LogP contribution in [0.5, 0.6) is 5.75 Å². The Hall–Kier alpha value is -1.69. The lowest BCUT2D eigenvalue weighted by atomic mass is 9.85. The molecule has 0 radical (unpaired) electrons. The first kappa shape index (κ1) is 18.6. The number of hydrogen-bond donors (Lipinski definition) is 2. The fraction of sp³-hybridized carbons (Fsp3) is 0.611. The number of anilines is 1. The molecule has 0 spiro atoms. The first-order valence-corrected chi connectivity index (χ1v) is 8.48. The quantitative estimate of drug-likeness (QED) is 0.797. The summed E-state index contributed by atoms with van der Waals surface area (Å²) in [6.07, 6.45) is 0.234. The number of alkyl halides is 2. The smallest absolute Gasteiger partial charge is 0.272 e. The molecule has 1 heterocycles. The van der Waals surface area contributed by atoms with Crippen molar-refractivity contribution in [2.75, 3.05) is 25.0 Å². The zero-order valence-corrected chi connectivity index (χ0v) is 14.3. The zero-order chi connectivity index (χ0) is 17.5. The number of piperidine rings is 1. The number of ether oxygens (including phenoxy) is 1. The zero-order valence-electron chi connectivity index (χ0n) is 14.3. The van der Waals surface area contributed by atoms with Gasteiger partial charge in [0, 0.05) is 18.2 Å². The van der Waals surface area contributed by atoms with Crippen LogP contribution in [0.1, 0.15) is 31.7 Å². The average Bonchev–Trinajstić information content (AvgIpc) is 2.56. The van der Waals surface area contributed by atoms with Gasteiger partial charge in [0.15, 0.2) is 0 Å². The number of nitrogens with one attached hydrogen (secondary N) is 2. The van der Waals surface area contributed by atoms with Crippen molar-refractivity contribution < 1.29 is 18.3 Å². The van der Waals surface area contributed by atoms with Crippen molar-refractivity contribution >= 4 is 11.6 Å². The number of halogens is 2. The maximum atomic E-state index is 12.3. The van der Waals surface area contributed by atoms with Crippen molar-refractivity contribution in [2.24, 2.45) is 11.8 Å². The van der Waals surface area contributed by atoms with E-state index in [4.69, 9.17) is 4.74 Å². The maximum absolute atomic E-state index is 12.3. The molecule has 1 amide bonds. The maximum Gasteiger partial charge on any atom is 0.272 e. The summed E-state index contributed by atoms with van der Waals surface area (Å²) in [5.74, 6) is 1.14. The van der Waals surface area contributed by atoms with Crippen molar-refractivity contribution in [1.29, 1.82) is 0 Å². The van der Waals surface area contributed by atoms with Crippen LogP contribution in [0.25, 0.3) is 0 Å². The SMILES string of the molecule is Cc1ccc(NC(=O)CC(C)C2CCCNC2)cc1OCC(F)F. The highest BCUT2D eigenvalue weighted by Crippen LogP contribution is 2.25. The van der Waals surface area contributed by atoms with Crippen LogP contribution in [0.3, 0.4) is 0 Å². The molecule has 134 valence electrons. The third-order valence-electron chi connectivity index (χ3n) is 4.48. The highest BCUT2D eigenvalue weighted by atomic mass is 19.3. The Bertz CT molecular complexity index is 546. The van der Waals surface area contributed by atoms with Crippen LogP contribution >= 0.6 is 0 Å². The molecule has 0 aliphatic carbocycles. The Morgan fingerprint density at radius 2 is 2.25 bits per heavy atom. The van der Waals surface area contributed by atoms with Crippen LogP contribution in [0.2, 0.25) is 0 Å². The van der Waals surface area contributed by atoms with Crippen LogP contribution in [0.15, 0.2) is 18.2 Å². The predicted octanol–water partition coefficient (Wildman–Crippen LogP) is 3.60. The van der Waals surface area contributed by atoms with Crippen LogP contribution < -0.4 is 15.4 Å². The number of hydrogen-bond acceptors (Lipinski definition) is 3. The van der Waals surface area contributed by atoms with Gasteiger partial charge in [-0.2, -0.15) is 0 Å². The van der Waals surface area contributed by atoms with Crippen molar-refractivity contribution in [3.8, 4) is 5.75 Å². The Morgan fingerprint density at radius 1 is 1.46 bits per heavy atom. The minimum absolute atomic E-state index is 0.0586. The molecule has 2 rings (SSSR count). The van der Waals surface area contributed by atoms with Crippen molar-refractivity contribution in [1.82, 2.24) is 5.32 Å². The van der Waals surface area contributed by atoms with E-state index in [0.29, 0.717) is 29.7 Å². The number of rotatable bonds is 7. The highest BCUT2D eigenvalue weighted by Gasteiger charge is 2.22. The second-order valence-electron chi connectivity index (χ2n) is 6.52. The van der Waals surface area contributed by atoms with E-state index >= 15 is 0 Å². The van der Waals surface area contributed by atoms with E-state index in [1.54, 1.807) is 25.1 Å². The summed E-state index contributed by atoms with van der Waals surface area (Å²) in [6, 6.07) is 5.11. The molecule has 24 heavy (non-hydrogen) atoms. The molecular weight excluding hydrogens is 314 g/mol. The number of amides is 1. The lowest BCUT2D eigenvalue weighted by molar-refractivity contribution is -0.117. The summed E-state index contributed by atoms with van der Waals surface area (Å²) >= 11 is 0. The number of carbonyl (C=O) groups is 1. The van der Waals surface area contributed by atoms with Gasteiger partial charge in [0.05, 0.1) is 0 Å². The molecule has 0 aromatic heterocycles. The van der Waals surface area contributed by atoms with Gasteiger partial charge in [-0.15, -0.1) is 0 Å². The predicted molar refractivity (Wildman–Crippen MR) is 90.7 cm³/mol. The third-order valence-corrected chi connectivity index (χ3v) is 4.48. The molecule has 2 unspecified atom stereocenters. The molecule has 2 N–H and O–H groups in total. The van der Waals surface area contributed by atoms with Gasteiger partial charge in [-0.25, -0.2) is 8.78 Å². The van der Waals surface area contributed by atoms with Gasteiger partial charge in [0.25, 0.3) is 6.43 Å². The molecule has 0 saturated carbocycles. The van der Waals surface area contributed by atoms with Crippen molar-refractivity contribution in [3.63, 3.8) is 0 Å². The fourth-order valence-corrected chi connectivity index (χ4v) is 3.02. The molecule has 4 nitrogen and oxygen atoms in total. The summed E-state index contributed by atoms with van der Waals surface area (Å²) in [5, 5.41) is 6.21. The van der Waals surface area contributed by atoms with E-state index in [-0.39, 0.29) is 5.91 Å². The van der Waals surface area contributed by atoms with E-state index in [1.807, 2.05) is 0 Å². The fourth-order valence-electron chi connectivity index (χ4n) is 3.02. The van der Waals surface area contributed by atoms with E-state index in [1.165, 1.54) is 0 Å². The number of benzene rings is 1. The normalized spacial score (nSPS) is 19.1. The largest absolute Gasteiger partial charge is 0.487 e. The van der Waals surface area contributed by atoms with Gasteiger partial charge < -0.3 is 15.4 Å². The van der Waals surface area contributed by atoms with Gasteiger partial charge in [-0.05, 0) is 56.3 Å². The Balaban J connectivity index is 1.89. The molecule has 1 aromatic rings. The van der Waals surface area contributed by atoms with Gasteiger partial charge in [-0.3, -0.25) is 4.79 Å². The summed E-state index contributed by atoms with van der Waals surface area (Å²) in [4.78, 5) is 12.2. The van der Waals surface area contributed by atoms with Crippen LogP contribution in [0, 0.1) is 18.8 Å². The minimum Gasteiger partial charge on any atom is -0.487 e. The van der Waals surface area contributed by atoms with Crippen LogP contribution in [-0.4, -0.2) is 32.0 Å². The monoisotopic (exact) mass is 340 g/mol. The summed E-state index contributed by atoms with van der Waals surface area (Å²) in [6.45, 7) is 5.25. The van der Waals surface area contributed by atoms with Crippen molar-refractivity contribution in [3.05, 3.63) is 23.8 Å². The highest BCUT2D eigenvalue weighted by molar-refractivity contribution is 5.91. The van der Waals surface area contributed by atoms with Gasteiger partial charge in [-0.1, -0.05) is 13.0 Å².